The van der Waals surface area contributed by atoms with Crippen molar-refractivity contribution in [1.29, 1.82) is 0 Å². The number of rotatable bonds is 5. The van der Waals surface area contributed by atoms with E-state index in [1.807, 2.05) is 30.3 Å². The van der Waals surface area contributed by atoms with Crippen LogP contribution in [0.25, 0.3) is 11.1 Å². The molecule has 1 aliphatic heterocycles. The van der Waals surface area contributed by atoms with E-state index in [0.717, 1.165) is 16.7 Å². The van der Waals surface area contributed by atoms with E-state index >= 15 is 0 Å². The van der Waals surface area contributed by atoms with Crippen LogP contribution in [0, 0.1) is 0 Å². The maximum absolute atomic E-state index is 12.0. The first kappa shape index (κ1) is 17.4. The molecule has 0 spiro atoms. The van der Waals surface area contributed by atoms with Crippen molar-refractivity contribution in [2.75, 3.05) is 18.0 Å². The molecule has 1 fully saturated rings. The standard InChI is InChI=1S/C18H18N4O4/c1-12(23)19-10-16-11-22(18(24)26-16)17-7-6-15(9-20-17)14-4-2-13(3-5-14)8-21-25/h2-9,16,25H,10-11H2,1H3,(H,19,23)/t16-/m0/s1. The Bertz CT molecular complexity index is 818. The van der Waals surface area contributed by atoms with E-state index in [-0.39, 0.29) is 12.5 Å². The van der Waals surface area contributed by atoms with Gasteiger partial charge in [-0.05, 0) is 23.3 Å². The predicted molar refractivity (Wildman–Crippen MR) is 95.4 cm³/mol. The number of nitrogens with one attached hydrogen (secondary N) is 1. The van der Waals surface area contributed by atoms with Gasteiger partial charge in [0.2, 0.25) is 5.91 Å². The third-order valence-corrected chi connectivity index (χ3v) is 3.93. The van der Waals surface area contributed by atoms with Crippen LogP contribution in [0.2, 0.25) is 0 Å². The first-order valence-electron chi connectivity index (χ1n) is 8.03. The zero-order valence-corrected chi connectivity index (χ0v) is 14.1. The highest BCUT2D eigenvalue weighted by molar-refractivity contribution is 5.89. The Morgan fingerprint density at radius 2 is 2.08 bits per heavy atom. The summed E-state index contributed by atoms with van der Waals surface area (Å²) in [6.45, 7) is 2.03. The molecule has 0 saturated carbocycles. The zero-order valence-electron chi connectivity index (χ0n) is 14.1. The van der Waals surface area contributed by atoms with E-state index in [2.05, 4.69) is 15.5 Å². The van der Waals surface area contributed by atoms with E-state index in [9.17, 15) is 9.59 Å². The summed E-state index contributed by atoms with van der Waals surface area (Å²) in [6, 6.07) is 11.1. The van der Waals surface area contributed by atoms with Crippen molar-refractivity contribution in [3.8, 4) is 11.1 Å². The molecule has 1 saturated heterocycles. The highest BCUT2D eigenvalue weighted by Gasteiger charge is 2.33. The molecule has 0 unspecified atom stereocenters. The summed E-state index contributed by atoms with van der Waals surface area (Å²) < 4.78 is 5.23. The van der Waals surface area contributed by atoms with Crippen LogP contribution in [0.1, 0.15) is 12.5 Å². The molecular weight excluding hydrogens is 336 g/mol. The molecule has 2 heterocycles. The lowest BCUT2D eigenvalue weighted by Gasteiger charge is -2.12. The molecule has 2 amide bonds. The number of oxime groups is 1. The third-order valence-electron chi connectivity index (χ3n) is 3.93. The molecule has 2 N–H and O–H groups in total. The quantitative estimate of drug-likeness (QED) is 0.486. The van der Waals surface area contributed by atoms with Crippen molar-refractivity contribution in [1.82, 2.24) is 10.3 Å². The van der Waals surface area contributed by atoms with E-state index in [4.69, 9.17) is 9.94 Å². The van der Waals surface area contributed by atoms with Gasteiger partial charge in [0.05, 0.1) is 19.3 Å². The lowest BCUT2D eigenvalue weighted by Crippen LogP contribution is -2.33. The number of aromatic nitrogens is 1. The normalized spacial score (nSPS) is 16.7. The van der Waals surface area contributed by atoms with Gasteiger partial charge in [-0.1, -0.05) is 29.4 Å². The van der Waals surface area contributed by atoms with Gasteiger partial charge in [-0.25, -0.2) is 9.78 Å². The maximum Gasteiger partial charge on any atom is 0.416 e. The van der Waals surface area contributed by atoms with Crippen molar-refractivity contribution in [2.45, 2.75) is 13.0 Å². The highest BCUT2D eigenvalue weighted by atomic mass is 16.6. The smallest absolute Gasteiger partial charge is 0.416 e. The SMILES string of the molecule is CC(=O)NC[C@H]1CN(c2ccc(-c3ccc(C=NO)cc3)cn2)C(=O)O1. The van der Waals surface area contributed by atoms with Gasteiger partial charge in [-0.2, -0.15) is 0 Å². The lowest BCUT2D eigenvalue weighted by molar-refractivity contribution is -0.119. The van der Waals surface area contributed by atoms with Gasteiger partial charge >= 0.3 is 6.09 Å². The second kappa shape index (κ2) is 7.64. The van der Waals surface area contributed by atoms with Crippen LogP contribution in [0.4, 0.5) is 10.6 Å². The monoisotopic (exact) mass is 354 g/mol. The van der Waals surface area contributed by atoms with Crippen LogP contribution in [0.5, 0.6) is 0 Å². The van der Waals surface area contributed by atoms with Crippen LogP contribution < -0.4 is 10.2 Å². The molecule has 8 heteroatoms. The fourth-order valence-electron chi connectivity index (χ4n) is 2.62. The Morgan fingerprint density at radius 3 is 2.69 bits per heavy atom. The van der Waals surface area contributed by atoms with E-state index in [1.165, 1.54) is 18.0 Å². The topological polar surface area (TPSA) is 104 Å². The molecule has 26 heavy (non-hydrogen) atoms. The molecule has 0 radical (unpaired) electrons. The van der Waals surface area contributed by atoms with Gasteiger partial charge in [0.1, 0.15) is 11.9 Å². The molecule has 8 nitrogen and oxygen atoms in total. The molecule has 3 rings (SSSR count). The fraction of sp³-hybridized carbons (Fsp3) is 0.222. The summed E-state index contributed by atoms with van der Waals surface area (Å²) in [5, 5.41) is 14.2. The van der Waals surface area contributed by atoms with Gasteiger partial charge in [-0.3, -0.25) is 9.69 Å². The van der Waals surface area contributed by atoms with Gasteiger partial charge < -0.3 is 15.3 Å². The van der Waals surface area contributed by atoms with Crippen LogP contribution in [-0.4, -0.2) is 47.6 Å². The number of carbonyl (C=O) groups excluding carboxylic acids is 2. The summed E-state index contributed by atoms with van der Waals surface area (Å²) in [4.78, 5) is 28.8. The molecule has 2 aromatic rings. The summed E-state index contributed by atoms with van der Waals surface area (Å²) >= 11 is 0. The number of pyridine rings is 1. The summed E-state index contributed by atoms with van der Waals surface area (Å²) in [7, 11) is 0. The number of amides is 2. The minimum atomic E-state index is -0.478. The molecule has 134 valence electrons. The molecular formula is C18H18N4O4. The van der Waals surface area contributed by atoms with E-state index in [0.29, 0.717) is 12.4 Å². The highest BCUT2D eigenvalue weighted by Crippen LogP contribution is 2.24. The minimum absolute atomic E-state index is 0.168. The van der Waals surface area contributed by atoms with Gasteiger partial charge in [-0.15, -0.1) is 0 Å². The van der Waals surface area contributed by atoms with Gasteiger partial charge in [0.25, 0.3) is 0 Å². The summed E-state index contributed by atoms with van der Waals surface area (Å²) in [5.74, 6) is 0.325. The second-order valence-corrected chi connectivity index (χ2v) is 5.83. The predicted octanol–water partition coefficient (Wildman–Crippen LogP) is 2.02. The molecule has 0 bridgehead atoms. The van der Waals surface area contributed by atoms with Crippen LogP contribution in [0.3, 0.4) is 0 Å². The third kappa shape index (κ3) is 3.97. The molecule has 1 aromatic carbocycles. The largest absolute Gasteiger partial charge is 0.442 e. The summed E-state index contributed by atoms with van der Waals surface area (Å²) in [6.07, 6.45) is 2.15. The second-order valence-electron chi connectivity index (χ2n) is 5.83. The molecule has 0 aliphatic carbocycles. The van der Waals surface area contributed by atoms with Crippen LogP contribution in [-0.2, 0) is 9.53 Å². The van der Waals surface area contributed by atoms with Crippen molar-refractivity contribution < 1.29 is 19.5 Å². The van der Waals surface area contributed by atoms with Crippen molar-refractivity contribution >= 4 is 24.0 Å². The molecule has 1 atom stereocenters. The Hall–Kier alpha value is -3.42. The Balaban J connectivity index is 1.69. The van der Waals surface area contributed by atoms with Crippen LogP contribution >= 0.6 is 0 Å². The van der Waals surface area contributed by atoms with E-state index in [1.54, 1.807) is 12.3 Å². The number of cyclic esters (lactones) is 1. The number of hydrogen-bond donors (Lipinski definition) is 2. The van der Waals surface area contributed by atoms with Crippen molar-refractivity contribution in [3.05, 3.63) is 48.2 Å². The molecule has 1 aromatic heterocycles. The van der Waals surface area contributed by atoms with Crippen LogP contribution in [0.15, 0.2) is 47.8 Å². The Morgan fingerprint density at radius 1 is 1.35 bits per heavy atom. The number of nitrogens with zero attached hydrogens (tertiary/aromatic N) is 3. The Labute approximate surface area is 150 Å². The number of benzene rings is 1. The summed E-state index contributed by atoms with van der Waals surface area (Å²) in [5.41, 5.74) is 2.63. The number of anilines is 1. The Kier molecular flexibility index (Phi) is 5.12. The minimum Gasteiger partial charge on any atom is -0.442 e. The molecule has 1 aliphatic rings. The number of hydrogen-bond acceptors (Lipinski definition) is 6. The average molecular weight is 354 g/mol. The number of ether oxygens (including phenoxy) is 1. The van der Waals surface area contributed by atoms with E-state index < -0.39 is 12.2 Å². The zero-order chi connectivity index (χ0) is 18.5. The van der Waals surface area contributed by atoms with Crippen molar-refractivity contribution in [2.24, 2.45) is 5.16 Å². The first-order valence-corrected chi connectivity index (χ1v) is 8.03. The first-order chi connectivity index (χ1) is 12.6. The fourth-order valence-corrected chi connectivity index (χ4v) is 2.62. The lowest BCUT2D eigenvalue weighted by atomic mass is 10.1. The average Bonchev–Trinajstić information content (AvgIpc) is 3.02. The van der Waals surface area contributed by atoms with Gasteiger partial charge in [0.15, 0.2) is 0 Å². The maximum atomic E-state index is 12.0. The number of carbonyl (C=O) groups is 2. The van der Waals surface area contributed by atoms with Crippen molar-refractivity contribution in [3.63, 3.8) is 0 Å². The van der Waals surface area contributed by atoms with Gasteiger partial charge in [0, 0.05) is 18.7 Å².